The zero-order chi connectivity index (χ0) is 16.4. The van der Waals surface area contributed by atoms with Crippen LogP contribution in [0.2, 0.25) is 0 Å². The monoisotopic (exact) mass is 318 g/mol. The molecule has 1 heterocycles. The molecule has 1 N–H and O–H groups in total. The summed E-state index contributed by atoms with van der Waals surface area (Å²) >= 11 is 0. The van der Waals surface area contributed by atoms with E-state index in [0.29, 0.717) is 12.0 Å². The van der Waals surface area contributed by atoms with Gasteiger partial charge >= 0.3 is 6.36 Å². The van der Waals surface area contributed by atoms with Gasteiger partial charge in [0.25, 0.3) is 0 Å². The fourth-order valence-corrected chi connectivity index (χ4v) is 2.76. The highest BCUT2D eigenvalue weighted by molar-refractivity contribution is 5.47. The van der Waals surface area contributed by atoms with Gasteiger partial charge in [0.1, 0.15) is 5.75 Å². The normalized spacial score (nSPS) is 13.5. The predicted molar refractivity (Wildman–Crippen MR) is 77.6 cm³/mol. The second kappa shape index (κ2) is 5.94. The van der Waals surface area contributed by atoms with Crippen LogP contribution in [0.1, 0.15) is 27.8 Å². The van der Waals surface area contributed by atoms with Gasteiger partial charge in [0.05, 0.1) is 11.6 Å². The number of ether oxygens (including phenoxy) is 1. The third-order valence-electron chi connectivity index (χ3n) is 3.73. The van der Waals surface area contributed by atoms with Gasteiger partial charge in [0.15, 0.2) is 0 Å². The first-order valence-electron chi connectivity index (χ1n) is 7.05. The van der Waals surface area contributed by atoms with E-state index in [0.717, 1.165) is 29.8 Å². The summed E-state index contributed by atoms with van der Waals surface area (Å²) < 4.78 is 40.4. The van der Waals surface area contributed by atoms with Crippen LogP contribution < -0.4 is 10.1 Å². The molecule has 23 heavy (non-hydrogen) atoms. The molecule has 0 spiro atoms. The van der Waals surface area contributed by atoms with E-state index in [1.807, 2.05) is 12.1 Å². The molecule has 1 aliphatic heterocycles. The Morgan fingerprint density at radius 1 is 1.13 bits per heavy atom. The van der Waals surface area contributed by atoms with E-state index in [9.17, 15) is 13.2 Å². The number of benzene rings is 2. The van der Waals surface area contributed by atoms with Crippen molar-refractivity contribution in [1.82, 2.24) is 5.32 Å². The van der Waals surface area contributed by atoms with Crippen LogP contribution in [-0.4, -0.2) is 6.36 Å². The number of nitrogens with one attached hydrogen (secondary N) is 1. The smallest absolute Gasteiger partial charge is 0.406 e. The maximum Gasteiger partial charge on any atom is 0.573 e. The van der Waals surface area contributed by atoms with Crippen LogP contribution in [0.4, 0.5) is 13.2 Å². The highest BCUT2D eigenvalue weighted by atomic mass is 19.4. The Balaban J connectivity index is 1.83. The van der Waals surface area contributed by atoms with Crippen molar-refractivity contribution in [3.8, 4) is 11.8 Å². The SMILES string of the molecule is N#Cc1cc2c(c(Cc3ccc(OC(F)(F)F)cc3)c1)CNC2. The molecule has 0 amide bonds. The van der Waals surface area contributed by atoms with Crippen LogP contribution in [0.15, 0.2) is 36.4 Å². The van der Waals surface area contributed by atoms with Crippen molar-refractivity contribution >= 4 is 0 Å². The molecule has 2 aromatic rings. The van der Waals surface area contributed by atoms with E-state index in [2.05, 4.69) is 16.1 Å². The van der Waals surface area contributed by atoms with Gasteiger partial charge in [-0.15, -0.1) is 13.2 Å². The topological polar surface area (TPSA) is 45.0 Å². The van der Waals surface area contributed by atoms with Crippen molar-refractivity contribution < 1.29 is 17.9 Å². The molecule has 0 saturated carbocycles. The lowest BCUT2D eigenvalue weighted by molar-refractivity contribution is -0.274. The van der Waals surface area contributed by atoms with Crippen LogP contribution in [0.5, 0.6) is 5.75 Å². The molecule has 118 valence electrons. The zero-order valence-corrected chi connectivity index (χ0v) is 12.1. The Bertz CT molecular complexity index is 761. The van der Waals surface area contributed by atoms with Gasteiger partial charge in [-0.3, -0.25) is 0 Å². The first kappa shape index (κ1) is 15.4. The van der Waals surface area contributed by atoms with Crippen LogP contribution in [0, 0.1) is 11.3 Å². The van der Waals surface area contributed by atoms with Gasteiger partial charge in [-0.1, -0.05) is 12.1 Å². The van der Waals surface area contributed by atoms with Gasteiger partial charge in [0.2, 0.25) is 0 Å². The van der Waals surface area contributed by atoms with Gasteiger partial charge in [0, 0.05) is 13.1 Å². The number of alkyl halides is 3. The Labute approximate surface area is 131 Å². The third-order valence-corrected chi connectivity index (χ3v) is 3.73. The molecule has 0 fully saturated rings. The molecule has 2 aromatic carbocycles. The van der Waals surface area contributed by atoms with Crippen molar-refractivity contribution in [2.24, 2.45) is 0 Å². The van der Waals surface area contributed by atoms with Crippen LogP contribution >= 0.6 is 0 Å². The molecule has 3 rings (SSSR count). The van der Waals surface area contributed by atoms with Crippen LogP contribution in [0.3, 0.4) is 0 Å². The molecule has 3 nitrogen and oxygen atoms in total. The molecule has 0 unspecified atom stereocenters. The lowest BCUT2D eigenvalue weighted by Crippen LogP contribution is -2.17. The largest absolute Gasteiger partial charge is 0.573 e. The molecule has 0 bridgehead atoms. The second-order valence-electron chi connectivity index (χ2n) is 5.36. The van der Waals surface area contributed by atoms with Crippen LogP contribution in [0.25, 0.3) is 0 Å². The molecule has 0 atom stereocenters. The average Bonchev–Trinajstić information content (AvgIpc) is 2.96. The van der Waals surface area contributed by atoms with Gasteiger partial charge in [-0.25, -0.2) is 0 Å². The van der Waals surface area contributed by atoms with E-state index in [1.165, 1.54) is 17.7 Å². The number of hydrogen-bond donors (Lipinski definition) is 1. The molecular weight excluding hydrogens is 305 g/mol. The standard InChI is InChI=1S/C17H13F3N2O/c18-17(19,20)23-15-3-1-11(2-4-15)5-13-6-12(8-21)7-14-9-22-10-16(13)14/h1-4,6-7,22H,5,9-10H2. The summed E-state index contributed by atoms with van der Waals surface area (Å²) in [5.41, 5.74) is 4.76. The number of halogens is 3. The number of nitriles is 1. The predicted octanol–water partition coefficient (Wildman–Crippen LogP) is 3.65. The van der Waals surface area contributed by atoms with Crippen molar-refractivity contribution in [2.45, 2.75) is 25.9 Å². The van der Waals surface area contributed by atoms with E-state index in [-0.39, 0.29) is 5.75 Å². The minimum absolute atomic E-state index is 0.237. The maximum absolute atomic E-state index is 12.2. The highest BCUT2D eigenvalue weighted by Gasteiger charge is 2.30. The first-order valence-corrected chi connectivity index (χ1v) is 7.05. The summed E-state index contributed by atoms with van der Waals surface area (Å²) in [6.45, 7) is 1.47. The van der Waals surface area contributed by atoms with E-state index in [4.69, 9.17) is 5.26 Å². The molecule has 0 saturated heterocycles. The molecule has 6 heteroatoms. The van der Waals surface area contributed by atoms with Gasteiger partial charge in [-0.2, -0.15) is 5.26 Å². The zero-order valence-electron chi connectivity index (χ0n) is 12.1. The third kappa shape index (κ3) is 3.63. The quantitative estimate of drug-likeness (QED) is 0.939. The Morgan fingerprint density at radius 2 is 1.87 bits per heavy atom. The van der Waals surface area contributed by atoms with E-state index in [1.54, 1.807) is 12.1 Å². The summed E-state index contributed by atoms with van der Waals surface area (Å²) in [7, 11) is 0. The minimum atomic E-state index is -4.69. The first-order chi connectivity index (χ1) is 10.9. The number of fused-ring (bicyclic) bond motifs is 1. The van der Waals surface area contributed by atoms with E-state index < -0.39 is 6.36 Å². The van der Waals surface area contributed by atoms with Crippen LogP contribution in [-0.2, 0) is 19.5 Å². The molecule has 0 radical (unpaired) electrons. The summed E-state index contributed by atoms with van der Waals surface area (Å²) in [5, 5.41) is 12.4. The summed E-state index contributed by atoms with van der Waals surface area (Å²) in [6, 6.07) is 11.7. The Kier molecular flexibility index (Phi) is 3.97. The van der Waals surface area contributed by atoms with Crippen molar-refractivity contribution in [1.29, 1.82) is 5.26 Å². The molecule has 0 aliphatic carbocycles. The lowest BCUT2D eigenvalue weighted by atomic mass is 9.95. The van der Waals surface area contributed by atoms with Gasteiger partial charge in [-0.05, 0) is 52.9 Å². The average molecular weight is 318 g/mol. The second-order valence-corrected chi connectivity index (χ2v) is 5.36. The Hall–Kier alpha value is -2.52. The highest BCUT2D eigenvalue weighted by Crippen LogP contribution is 2.26. The van der Waals surface area contributed by atoms with Crippen molar-refractivity contribution in [2.75, 3.05) is 0 Å². The number of rotatable bonds is 3. The summed E-state index contributed by atoms with van der Waals surface area (Å²) in [6.07, 6.45) is -4.12. The van der Waals surface area contributed by atoms with Gasteiger partial charge < -0.3 is 10.1 Å². The van der Waals surface area contributed by atoms with E-state index >= 15 is 0 Å². The number of nitrogens with zero attached hydrogens (tertiary/aromatic N) is 1. The van der Waals surface area contributed by atoms with Crippen molar-refractivity contribution in [3.05, 3.63) is 64.2 Å². The maximum atomic E-state index is 12.2. The molecule has 0 aromatic heterocycles. The Morgan fingerprint density at radius 3 is 2.52 bits per heavy atom. The summed E-state index contributed by atoms with van der Waals surface area (Å²) in [5.74, 6) is -0.237. The lowest BCUT2D eigenvalue weighted by Gasteiger charge is -2.11. The van der Waals surface area contributed by atoms with Crippen molar-refractivity contribution in [3.63, 3.8) is 0 Å². The molecule has 1 aliphatic rings. The molecular formula is C17H13F3N2O. The minimum Gasteiger partial charge on any atom is -0.406 e. The summed E-state index contributed by atoms with van der Waals surface area (Å²) in [4.78, 5) is 0. The number of hydrogen-bond acceptors (Lipinski definition) is 3. The fourth-order valence-electron chi connectivity index (χ4n) is 2.76. The fraction of sp³-hybridized carbons (Fsp3) is 0.235.